The first kappa shape index (κ1) is 24.6. The average Bonchev–Trinajstić information content (AvgIpc) is 2.75. The Morgan fingerprint density at radius 1 is 1.30 bits per heavy atom. The van der Waals surface area contributed by atoms with Crippen molar-refractivity contribution in [1.29, 1.82) is 5.26 Å². The standard InChI is InChI=1S/C23H23BrN4O4S/c1-6-33(31)20-8-7-15(12-25)10-19(20)28(22(30)32-23(3,4)5)27-13-26-18-9-14(2)17(24)11-16(18)21(27)29/h7-11,13H,6H2,1-5H3. The molecule has 3 rings (SSSR count). The molecule has 33 heavy (non-hydrogen) atoms. The van der Waals surface area contributed by atoms with Crippen LogP contribution in [0.1, 0.15) is 38.8 Å². The van der Waals surface area contributed by atoms with Crippen molar-refractivity contribution in [1.82, 2.24) is 9.66 Å². The van der Waals surface area contributed by atoms with Crippen molar-refractivity contribution in [2.45, 2.75) is 45.1 Å². The Morgan fingerprint density at radius 2 is 2.00 bits per heavy atom. The lowest BCUT2D eigenvalue weighted by atomic mass is 10.2. The fraction of sp³-hybridized carbons (Fsp3) is 0.304. The number of ether oxygens (including phenoxy) is 1. The van der Waals surface area contributed by atoms with Gasteiger partial charge in [-0.3, -0.25) is 9.00 Å². The van der Waals surface area contributed by atoms with E-state index < -0.39 is 28.1 Å². The van der Waals surface area contributed by atoms with Crippen molar-refractivity contribution >= 4 is 49.4 Å². The van der Waals surface area contributed by atoms with E-state index in [2.05, 4.69) is 20.9 Å². The molecule has 8 nitrogen and oxygen atoms in total. The van der Waals surface area contributed by atoms with Gasteiger partial charge in [0.25, 0.3) is 5.56 Å². The summed E-state index contributed by atoms with van der Waals surface area (Å²) in [5, 5.41) is 10.7. The number of nitriles is 1. The normalized spacial score (nSPS) is 12.3. The maximum Gasteiger partial charge on any atom is 0.434 e. The molecular formula is C23H23BrN4O4S. The quantitative estimate of drug-likeness (QED) is 0.485. The number of rotatable bonds is 4. The number of carbonyl (C=O) groups excluding carboxylic acids is 1. The number of amides is 1. The number of fused-ring (bicyclic) bond motifs is 1. The molecule has 0 bridgehead atoms. The summed E-state index contributed by atoms with van der Waals surface area (Å²) < 4.78 is 20.1. The molecule has 1 amide bonds. The molecule has 0 spiro atoms. The van der Waals surface area contributed by atoms with Crippen LogP contribution in [0.25, 0.3) is 10.9 Å². The molecule has 1 heterocycles. The number of hydrogen-bond donors (Lipinski definition) is 0. The summed E-state index contributed by atoms with van der Waals surface area (Å²) in [5.41, 5.74) is 0.304. The first-order valence-corrected chi connectivity index (χ1v) is 12.2. The second-order valence-electron chi connectivity index (χ2n) is 8.23. The van der Waals surface area contributed by atoms with Crippen LogP contribution in [0, 0.1) is 18.3 Å². The molecule has 3 aromatic rings. The SMILES string of the molecule is CCS(=O)c1ccc(C#N)cc1N(C(=O)OC(C)(C)C)n1cnc2cc(C)c(Br)cc2c1=O. The Hall–Kier alpha value is -3.03. The van der Waals surface area contributed by atoms with E-state index in [4.69, 9.17) is 4.74 Å². The second kappa shape index (κ2) is 9.45. The fourth-order valence-electron chi connectivity index (χ4n) is 3.09. The van der Waals surface area contributed by atoms with E-state index in [1.54, 1.807) is 39.8 Å². The minimum absolute atomic E-state index is 0.109. The molecule has 0 aliphatic rings. The molecule has 0 saturated carbocycles. The monoisotopic (exact) mass is 530 g/mol. The van der Waals surface area contributed by atoms with Crippen molar-refractivity contribution in [3.63, 3.8) is 0 Å². The van der Waals surface area contributed by atoms with Gasteiger partial charge in [0, 0.05) is 10.2 Å². The van der Waals surface area contributed by atoms with Gasteiger partial charge >= 0.3 is 6.09 Å². The van der Waals surface area contributed by atoms with Crippen LogP contribution < -0.4 is 10.6 Å². The predicted octanol–water partition coefficient (Wildman–Crippen LogP) is 4.67. The first-order chi connectivity index (χ1) is 15.5. The average molecular weight is 531 g/mol. The lowest BCUT2D eigenvalue weighted by Gasteiger charge is -2.29. The lowest BCUT2D eigenvalue weighted by molar-refractivity contribution is 0.0561. The summed E-state index contributed by atoms with van der Waals surface area (Å²) in [5.74, 6) is 0.276. The zero-order valence-corrected chi connectivity index (χ0v) is 21.3. The third-order valence-corrected chi connectivity index (χ3v) is 6.84. The van der Waals surface area contributed by atoms with E-state index in [9.17, 15) is 19.1 Å². The Balaban J connectivity index is 2.36. The number of carbonyl (C=O) groups is 1. The van der Waals surface area contributed by atoms with Crippen LogP contribution in [-0.4, -0.2) is 31.3 Å². The van der Waals surface area contributed by atoms with E-state index in [0.717, 1.165) is 19.7 Å². The van der Waals surface area contributed by atoms with E-state index in [1.165, 1.54) is 24.5 Å². The van der Waals surface area contributed by atoms with Crippen molar-refractivity contribution < 1.29 is 13.7 Å². The maximum absolute atomic E-state index is 13.5. The van der Waals surface area contributed by atoms with Crippen LogP contribution in [0.3, 0.4) is 0 Å². The van der Waals surface area contributed by atoms with Gasteiger partial charge in [0.15, 0.2) is 0 Å². The van der Waals surface area contributed by atoms with Gasteiger partial charge in [-0.15, -0.1) is 0 Å². The third kappa shape index (κ3) is 5.15. The van der Waals surface area contributed by atoms with Gasteiger partial charge < -0.3 is 4.74 Å². The number of aryl methyl sites for hydroxylation is 1. The summed E-state index contributed by atoms with van der Waals surface area (Å²) in [6, 6.07) is 9.86. The lowest BCUT2D eigenvalue weighted by Crippen LogP contribution is -2.46. The largest absolute Gasteiger partial charge is 0.442 e. The molecule has 1 aromatic heterocycles. The van der Waals surface area contributed by atoms with Gasteiger partial charge in [-0.2, -0.15) is 14.9 Å². The summed E-state index contributed by atoms with van der Waals surface area (Å²) in [6.45, 7) is 8.70. The van der Waals surface area contributed by atoms with Crippen LogP contribution in [0.2, 0.25) is 0 Å². The molecule has 1 atom stereocenters. The van der Waals surface area contributed by atoms with Gasteiger partial charge in [-0.05, 0) is 63.6 Å². The van der Waals surface area contributed by atoms with Gasteiger partial charge in [-0.1, -0.05) is 22.9 Å². The highest BCUT2D eigenvalue weighted by Gasteiger charge is 2.29. The molecule has 0 saturated heterocycles. The number of hydrogen-bond acceptors (Lipinski definition) is 6. The van der Waals surface area contributed by atoms with E-state index in [0.29, 0.717) is 10.4 Å². The Kier molecular flexibility index (Phi) is 7.05. The van der Waals surface area contributed by atoms with E-state index >= 15 is 0 Å². The van der Waals surface area contributed by atoms with E-state index in [1.807, 2.05) is 13.0 Å². The Labute approximate surface area is 202 Å². The zero-order valence-electron chi connectivity index (χ0n) is 18.9. The highest BCUT2D eigenvalue weighted by atomic mass is 79.9. The summed E-state index contributed by atoms with van der Waals surface area (Å²) in [6.07, 6.45) is 0.348. The van der Waals surface area contributed by atoms with Gasteiger partial charge in [0.2, 0.25) is 0 Å². The highest BCUT2D eigenvalue weighted by molar-refractivity contribution is 9.10. The van der Waals surface area contributed by atoms with Crippen LogP contribution >= 0.6 is 15.9 Å². The Morgan fingerprint density at radius 3 is 2.61 bits per heavy atom. The highest BCUT2D eigenvalue weighted by Crippen LogP contribution is 2.28. The van der Waals surface area contributed by atoms with Crippen molar-refractivity contribution in [2.75, 3.05) is 10.8 Å². The molecular weight excluding hydrogens is 508 g/mol. The summed E-state index contributed by atoms with van der Waals surface area (Å²) in [7, 11) is -1.49. The van der Waals surface area contributed by atoms with E-state index in [-0.39, 0.29) is 22.4 Å². The number of aromatic nitrogens is 2. The molecule has 0 aliphatic heterocycles. The van der Waals surface area contributed by atoms with Gasteiger partial charge in [0.1, 0.15) is 11.9 Å². The molecule has 1 unspecified atom stereocenters. The van der Waals surface area contributed by atoms with Crippen LogP contribution in [0.4, 0.5) is 10.5 Å². The van der Waals surface area contributed by atoms with Gasteiger partial charge in [0.05, 0.1) is 43.9 Å². The number of nitrogens with zero attached hydrogens (tertiary/aromatic N) is 4. The zero-order chi connectivity index (χ0) is 24.5. The third-order valence-electron chi connectivity index (χ3n) is 4.63. The maximum atomic E-state index is 13.5. The molecule has 0 radical (unpaired) electrons. The minimum atomic E-state index is -1.49. The van der Waals surface area contributed by atoms with Crippen molar-refractivity contribution in [2.24, 2.45) is 0 Å². The first-order valence-electron chi connectivity index (χ1n) is 10.1. The fourth-order valence-corrected chi connectivity index (χ4v) is 4.34. The molecule has 10 heteroatoms. The summed E-state index contributed by atoms with van der Waals surface area (Å²) >= 11 is 3.43. The number of halogens is 1. The van der Waals surface area contributed by atoms with Crippen molar-refractivity contribution in [3.8, 4) is 6.07 Å². The minimum Gasteiger partial charge on any atom is -0.442 e. The van der Waals surface area contributed by atoms with Crippen LogP contribution in [-0.2, 0) is 15.5 Å². The molecule has 172 valence electrons. The Bertz CT molecular complexity index is 1370. The molecule has 2 aromatic carbocycles. The summed E-state index contributed by atoms with van der Waals surface area (Å²) in [4.78, 5) is 31.5. The predicted molar refractivity (Wildman–Crippen MR) is 131 cm³/mol. The van der Waals surface area contributed by atoms with Crippen LogP contribution in [0.15, 0.2) is 50.8 Å². The number of benzene rings is 2. The van der Waals surface area contributed by atoms with Crippen LogP contribution in [0.5, 0.6) is 0 Å². The molecule has 0 fully saturated rings. The number of anilines is 1. The molecule has 0 aliphatic carbocycles. The topological polar surface area (TPSA) is 105 Å². The molecule has 0 N–H and O–H groups in total. The second-order valence-corrected chi connectivity index (χ2v) is 10.8. The van der Waals surface area contributed by atoms with Crippen molar-refractivity contribution in [3.05, 3.63) is 62.6 Å². The van der Waals surface area contributed by atoms with Gasteiger partial charge in [-0.25, -0.2) is 9.78 Å². The smallest absolute Gasteiger partial charge is 0.434 e.